The molecule has 1 aliphatic rings. The molecule has 1 fully saturated rings. The fraction of sp³-hybridized carbons (Fsp3) is 0.900. The molecule has 0 aromatic carbocycles. The molecule has 0 spiro atoms. The van der Waals surface area contributed by atoms with Crippen molar-refractivity contribution in [1.29, 1.82) is 5.26 Å². The van der Waals surface area contributed by atoms with Gasteiger partial charge in [0.2, 0.25) is 0 Å². The Morgan fingerprint density at radius 3 is 3.08 bits per heavy atom. The van der Waals surface area contributed by atoms with E-state index in [4.69, 9.17) is 5.26 Å². The summed E-state index contributed by atoms with van der Waals surface area (Å²) in [5.41, 5.74) is 0. The summed E-state index contributed by atoms with van der Waals surface area (Å²) in [6, 6.07) is 2.96. The van der Waals surface area contributed by atoms with E-state index in [0.29, 0.717) is 12.3 Å². The molecule has 2 atom stereocenters. The van der Waals surface area contributed by atoms with E-state index in [1.54, 1.807) is 0 Å². The third-order valence-electron chi connectivity index (χ3n) is 2.61. The van der Waals surface area contributed by atoms with Gasteiger partial charge in [-0.05, 0) is 38.1 Å². The van der Waals surface area contributed by atoms with Crippen LogP contribution < -0.4 is 5.32 Å². The van der Waals surface area contributed by atoms with Gasteiger partial charge in [-0.15, -0.1) is 0 Å². The normalized spacial score (nSPS) is 25.2. The van der Waals surface area contributed by atoms with E-state index in [1.807, 2.05) is 0 Å². The highest BCUT2D eigenvalue weighted by atomic mass is 14.9. The minimum atomic E-state index is 0.581. The number of hydrogen-bond acceptors (Lipinski definition) is 2. The maximum Gasteiger partial charge on any atom is 0.0624 e. The van der Waals surface area contributed by atoms with E-state index in [2.05, 4.69) is 18.3 Å². The average Bonchev–Trinajstić information content (AvgIpc) is 2.53. The van der Waals surface area contributed by atoms with Crippen LogP contribution in [0.25, 0.3) is 0 Å². The van der Waals surface area contributed by atoms with Gasteiger partial charge in [0.15, 0.2) is 0 Å². The van der Waals surface area contributed by atoms with Crippen molar-refractivity contribution in [1.82, 2.24) is 5.32 Å². The summed E-state index contributed by atoms with van der Waals surface area (Å²) in [6.07, 6.45) is 5.83. The lowest BCUT2D eigenvalue weighted by Gasteiger charge is -2.12. The summed E-state index contributed by atoms with van der Waals surface area (Å²) in [5.74, 6) is 0.581. The van der Waals surface area contributed by atoms with Crippen LogP contribution in [0, 0.1) is 17.2 Å². The SMILES string of the molecule is CC(CC#N)CCC1CCCN1. The Morgan fingerprint density at radius 1 is 1.67 bits per heavy atom. The Bertz CT molecular complexity index is 154. The van der Waals surface area contributed by atoms with Gasteiger partial charge in [0.25, 0.3) is 0 Å². The van der Waals surface area contributed by atoms with Crippen molar-refractivity contribution in [3.8, 4) is 6.07 Å². The van der Waals surface area contributed by atoms with Gasteiger partial charge >= 0.3 is 0 Å². The van der Waals surface area contributed by atoms with E-state index >= 15 is 0 Å². The van der Waals surface area contributed by atoms with Gasteiger partial charge in [-0.1, -0.05) is 6.92 Å². The number of nitrogens with zero attached hydrogens (tertiary/aromatic N) is 1. The van der Waals surface area contributed by atoms with Crippen LogP contribution in [-0.4, -0.2) is 12.6 Å². The molecular formula is C10H18N2. The molecule has 12 heavy (non-hydrogen) atoms. The monoisotopic (exact) mass is 166 g/mol. The summed E-state index contributed by atoms with van der Waals surface area (Å²) in [5, 5.41) is 11.9. The van der Waals surface area contributed by atoms with Crippen molar-refractivity contribution in [3.05, 3.63) is 0 Å². The second-order valence-electron chi connectivity index (χ2n) is 3.84. The lowest BCUT2D eigenvalue weighted by Crippen LogP contribution is -2.21. The quantitative estimate of drug-likeness (QED) is 0.694. The second-order valence-corrected chi connectivity index (χ2v) is 3.84. The molecule has 0 amide bonds. The molecule has 1 heterocycles. The van der Waals surface area contributed by atoms with Gasteiger partial charge in [0.1, 0.15) is 0 Å². The molecule has 0 aromatic rings. The minimum absolute atomic E-state index is 0.581. The van der Waals surface area contributed by atoms with Crippen molar-refractivity contribution in [2.75, 3.05) is 6.54 Å². The van der Waals surface area contributed by atoms with Gasteiger partial charge in [-0.2, -0.15) is 5.26 Å². The molecule has 68 valence electrons. The average molecular weight is 166 g/mol. The molecule has 2 heteroatoms. The number of nitriles is 1. The van der Waals surface area contributed by atoms with E-state index in [-0.39, 0.29) is 0 Å². The molecule has 1 saturated heterocycles. The zero-order chi connectivity index (χ0) is 8.81. The Balaban J connectivity index is 2.04. The van der Waals surface area contributed by atoms with Gasteiger partial charge in [-0.25, -0.2) is 0 Å². The van der Waals surface area contributed by atoms with Gasteiger partial charge < -0.3 is 5.32 Å². The predicted molar refractivity (Wildman–Crippen MR) is 49.7 cm³/mol. The van der Waals surface area contributed by atoms with E-state index < -0.39 is 0 Å². The minimum Gasteiger partial charge on any atom is -0.314 e. The van der Waals surface area contributed by atoms with E-state index in [9.17, 15) is 0 Å². The van der Waals surface area contributed by atoms with Crippen LogP contribution in [0.1, 0.15) is 39.0 Å². The third-order valence-corrected chi connectivity index (χ3v) is 2.61. The van der Waals surface area contributed by atoms with Crippen LogP contribution >= 0.6 is 0 Å². The van der Waals surface area contributed by atoms with E-state index in [1.165, 1.54) is 32.2 Å². The lowest BCUT2D eigenvalue weighted by atomic mass is 9.99. The van der Waals surface area contributed by atoms with Crippen molar-refractivity contribution in [3.63, 3.8) is 0 Å². The van der Waals surface area contributed by atoms with Crippen molar-refractivity contribution >= 4 is 0 Å². The first-order chi connectivity index (χ1) is 5.83. The molecular weight excluding hydrogens is 148 g/mol. The van der Waals surface area contributed by atoms with Crippen molar-refractivity contribution in [2.45, 2.75) is 45.1 Å². The molecule has 1 N–H and O–H groups in total. The van der Waals surface area contributed by atoms with Gasteiger partial charge in [-0.3, -0.25) is 0 Å². The van der Waals surface area contributed by atoms with Crippen molar-refractivity contribution in [2.24, 2.45) is 5.92 Å². The van der Waals surface area contributed by atoms with Gasteiger partial charge in [0, 0.05) is 12.5 Å². The highest BCUT2D eigenvalue weighted by Crippen LogP contribution is 2.16. The number of nitrogens with one attached hydrogen (secondary N) is 1. The predicted octanol–water partition coefficient (Wildman–Crippen LogP) is 2.07. The summed E-state index contributed by atoms with van der Waals surface area (Å²) >= 11 is 0. The maximum absolute atomic E-state index is 8.46. The van der Waals surface area contributed by atoms with E-state index in [0.717, 1.165) is 6.04 Å². The largest absolute Gasteiger partial charge is 0.314 e. The first-order valence-corrected chi connectivity index (χ1v) is 4.93. The van der Waals surface area contributed by atoms with Crippen LogP contribution in [0.3, 0.4) is 0 Å². The highest BCUT2D eigenvalue weighted by molar-refractivity contribution is 4.78. The van der Waals surface area contributed by atoms with Crippen LogP contribution in [0.2, 0.25) is 0 Å². The number of rotatable bonds is 4. The molecule has 1 rings (SSSR count). The number of hydrogen-bond donors (Lipinski definition) is 1. The molecule has 2 nitrogen and oxygen atoms in total. The van der Waals surface area contributed by atoms with Crippen LogP contribution in [0.5, 0.6) is 0 Å². The summed E-state index contributed by atoms with van der Waals surface area (Å²) < 4.78 is 0. The summed E-state index contributed by atoms with van der Waals surface area (Å²) in [7, 11) is 0. The summed E-state index contributed by atoms with van der Waals surface area (Å²) in [6.45, 7) is 3.36. The zero-order valence-electron chi connectivity index (χ0n) is 7.84. The fourth-order valence-corrected chi connectivity index (χ4v) is 1.75. The van der Waals surface area contributed by atoms with Crippen molar-refractivity contribution < 1.29 is 0 Å². The molecule has 0 saturated carbocycles. The Labute approximate surface area is 75.0 Å². The Morgan fingerprint density at radius 2 is 2.50 bits per heavy atom. The standard InChI is InChI=1S/C10H18N2/c1-9(6-7-11)4-5-10-3-2-8-12-10/h9-10,12H,2-6,8H2,1H3. The lowest BCUT2D eigenvalue weighted by molar-refractivity contribution is 0.453. The maximum atomic E-state index is 8.46. The molecule has 1 aliphatic heterocycles. The Hall–Kier alpha value is -0.550. The third kappa shape index (κ3) is 3.23. The molecule has 0 aromatic heterocycles. The van der Waals surface area contributed by atoms with Gasteiger partial charge in [0.05, 0.1) is 6.07 Å². The second kappa shape index (κ2) is 5.16. The van der Waals surface area contributed by atoms with Crippen LogP contribution in [0.15, 0.2) is 0 Å². The first kappa shape index (κ1) is 9.54. The smallest absolute Gasteiger partial charge is 0.0624 e. The fourth-order valence-electron chi connectivity index (χ4n) is 1.75. The summed E-state index contributed by atoms with van der Waals surface area (Å²) in [4.78, 5) is 0. The Kier molecular flexibility index (Phi) is 4.10. The molecule has 0 aliphatic carbocycles. The van der Waals surface area contributed by atoms with Crippen LogP contribution in [0.4, 0.5) is 0 Å². The molecule has 2 unspecified atom stereocenters. The first-order valence-electron chi connectivity index (χ1n) is 4.93. The zero-order valence-corrected chi connectivity index (χ0v) is 7.84. The highest BCUT2D eigenvalue weighted by Gasteiger charge is 2.14. The van der Waals surface area contributed by atoms with Crippen LogP contribution in [-0.2, 0) is 0 Å². The topological polar surface area (TPSA) is 35.8 Å². The molecule has 0 radical (unpaired) electrons. The molecule has 0 bridgehead atoms.